The maximum Gasteiger partial charge on any atom is 0.310 e. The minimum atomic E-state index is -0.562. The fourth-order valence-electron chi connectivity index (χ4n) is 0.453. The summed E-state index contributed by atoms with van der Waals surface area (Å²) in [4.78, 5) is 19.6. The second kappa shape index (κ2) is 11.6. The van der Waals surface area contributed by atoms with Crippen LogP contribution in [0.15, 0.2) is 24.3 Å². The lowest BCUT2D eigenvalue weighted by Gasteiger charge is -1.87. The molecule has 0 heterocycles. The summed E-state index contributed by atoms with van der Waals surface area (Å²) in [5.41, 5.74) is 0. The van der Waals surface area contributed by atoms with Crippen LogP contribution < -0.4 is 0 Å². The third-order valence-corrected chi connectivity index (χ3v) is 0.833. The van der Waals surface area contributed by atoms with Gasteiger partial charge < -0.3 is 9.84 Å². The number of rotatable bonds is 2. The Kier molecular flexibility index (Phi) is 12.5. The van der Waals surface area contributed by atoms with Crippen molar-refractivity contribution in [1.82, 2.24) is 0 Å². The second-order valence-corrected chi connectivity index (χ2v) is 2.22. The number of carbonyl (C=O) groups excluding carboxylic acids is 2. The Bertz CT molecular complexity index is 204. The van der Waals surface area contributed by atoms with E-state index in [9.17, 15) is 9.59 Å². The molecule has 0 atom stereocenters. The van der Waals surface area contributed by atoms with Gasteiger partial charge in [-0.05, 0) is 6.92 Å². The van der Waals surface area contributed by atoms with Gasteiger partial charge in [-0.15, -0.1) is 0 Å². The first-order valence-electron chi connectivity index (χ1n) is 4.12. The van der Waals surface area contributed by atoms with Gasteiger partial charge in [-0.3, -0.25) is 9.59 Å². The summed E-state index contributed by atoms with van der Waals surface area (Å²) in [5, 5.41) is 8.17. The van der Waals surface area contributed by atoms with E-state index in [2.05, 4.69) is 4.74 Å². The molecule has 14 heavy (non-hydrogen) atoms. The van der Waals surface area contributed by atoms with Gasteiger partial charge in [0.2, 0.25) is 0 Å². The van der Waals surface area contributed by atoms with Gasteiger partial charge in [-0.2, -0.15) is 0 Å². The van der Waals surface area contributed by atoms with Crippen molar-refractivity contribution in [2.45, 2.75) is 20.8 Å². The predicted molar refractivity (Wildman–Crippen MR) is 53.5 cm³/mol. The molecular formula is C10H16O4. The lowest BCUT2D eigenvalue weighted by atomic mass is 10.4. The fraction of sp³-hybridized carbons (Fsp3) is 0.400. The topological polar surface area (TPSA) is 63.6 Å². The summed E-state index contributed by atoms with van der Waals surface area (Å²) in [5.74, 6) is -1.12. The quantitative estimate of drug-likeness (QED) is 0.413. The summed E-state index contributed by atoms with van der Waals surface area (Å²) in [7, 11) is 0. The van der Waals surface area contributed by atoms with Crippen molar-refractivity contribution >= 4 is 11.9 Å². The standard InChI is InChI=1S/C6H10O.C4H6O3/c1-2-3-4-5-6-7;1-3(5)7-4(2)6/h2-5,7H,6H2,1H3;1-2H3/b3-2+,5-4+;. The van der Waals surface area contributed by atoms with Crippen molar-refractivity contribution in [1.29, 1.82) is 0 Å². The van der Waals surface area contributed by atoms with Crippen molar-refractivity contribution in [3.63, 3.8) is 0 Å². The van der Waals surface area contributed by atoms with E-state index in [0.717, 1.165) is 0 Å². The van der Waals surface area contributed by atoms with E-state index in [4.69, 9.17) is 5.11 Å². The Balaban J connectivity index is 0. The number of ether oxygens (including phenoxy) is 1. The minimum Gasteiger partial charge on any atom is -0.394 e. The monoisotopic (exact) mass is 200 g/mol. The first-order chi connectivity index (χ1) is 6.54. The average Bonchev–Trinajstić information content (AvgIpc) is 2.04. The highest BCUT2D eigenvalue weighted by atomic mass is 16.6. The van der Waals surface area contributed by atoms with Crippen LogP contribution in [0.4, 0.5) is 0 Å². The van der Waals surface area contributed by atoms with E-state index in [1.807, 2.05) is 19.1 Å². The van der Waals surface area contributed by atoms with E-state index >= 15 is 0 Å². The molecule has 0 amide bonds. The van der Waals surface area contributed by atoms with Crippen LogP contribution >= 0.6 is 0 Å². The van der Waals surface area contributed by atoms with Gasteiger partial charge in [0.15, 0.2) is 0 Å². The summed E-state index contributed by atoms with van der Waals surface area (Å²) in [6, 6.07) is 0. The highest BCUT2D eigenvalue weighted by molar-refractivity contribution is 5.82. The molecule has 1 N–H and O–H groups in total. The normalized spacial score (nSPS) is 9.71. The molecule has 0 aromatic carbocycles. The third kappa shape index (κ3) is 22.4. The molecule has 0 spiro atoms. The number of allylic oxidation sites excluding steroid dienone is 3. The van der Waals surface area contributed by atoms with Gasteiger partial charge in [0.25, 0.3) is 0 Å². The van der Waals surface area contributed by atoms with Crippen molar-refractivity contribution in [2.75, 3.05) is 6.61 Å². The Labute approximate surface area is 83.9 Å². The molecular weight excluding hydrogens is 184 g/mol. The van der Waals surface area contributed by atoms with E-state index in [1.165, 1.54) is 13.8 Å². The lowest BCUT2D eigenvalue weighted by Crippen LogP contribution is -2.03. The van der Waals surface area contributed by atoms with Crippen LogP contribution in [0.1, 0.15) is 20.8 Å². The highest BCUT2D eigenvalue weighted by Crippen LogP contribution is 1.74. The fourth-order valence-corrected chi connectivity index (χ4v) is 0.453. The smallest absolute Gasteiger partial charge is 0.310 e. The zero-order chi connectivity index (χ0) is 11.4. The lowest BCUT2D eigenvalue weighted by molar-refractivity contribution is -0.156. The van der Waals surface area contributed by atoms with Gasteiger partial charge in [0, 0.05) is 13.8 Å². The van der Waals surface area contributed by atoms with E-state index < -0.39 is 11.9 Å². The van der Waals surface area contributed by atoms with Crippen molar-refractivity contribution in [3.05, 3.63) is 24.3 Å². The maximum atomic E-state index is 9.81. The molecule has 0 saturated heterocycles. The largest absolute Gasteiger partial charge is 0.394 e. The Hall–Kier alpha value is -1.42. The zero-order valence-electron chi connectivity index (χ0n) is 8.69. The first kappa shape index (κ1) is 15.1. The van der Waals surface area contributed by atoms with E-state index in [-0.39, 0.29) is 6.61 Å². The minimum absolute atomic E-state index is 0.129. The molecule has 0 aliphatic carbocycles. The van der Waals surface area contributed by atoms with Crippen LogP contribution in [0.25, 0.3) is 0 Å². The molecule has 0 rings (SSSR count). The van der Waals surface area contributed by atoms with Crippen LogP contribution in [-0.4, -0.2) is 23.7 Å². The van der Waals surface area contributed by atoms with Crippen LogP contribution in [0, 0.1) is 0 Å². The molecule has 0 bridgehead atoms. The molecule has 0 radical (unpaired) electrons. The number of aliphatic hydroxyl groups is 1. The SMILES string of the molecule is C/C=C/C=C/CO.CC(=O)OC(C)=O. The third-order valence-electron chi connectivity index (χ3n) is 0.833. The maximum absolute atomic E-state index is 9.81. The number of hydrogen-bond acceptors (Lipinski definition) is 4. The number of esters is 2. The molecule has 0 aromatic rings. The highest BCUT2D eigenvalue weighted by Gasteiger charge is 1.93. The molecule has 0 aliphatic heterocycles. The zero-order valence-corrected chi connectivity index (χ0v) is 8.69. The molecule has 0 fully saturated rings. The Morgan fingerprint density at radius 3 is 1.93 bits per heavy atom. The molecule has 0 aliphatic rings. The molecule has 4 nitrogen and oxygen atoms in total. The van der Waals surface area contributed by atoms with Gasteiger partial charge in [0.05, 0.1) is 6.61 Å². The molecule has 80 valence electrons. The van der Waals surface area contributed by atoms with Gasteiger partial charge in [-0.1, -0.05) is 24.3 Å². The van der Waals surface area contributed by atoms with E-state index in [1.54, 1.807) is 12.2 Å². The Morgan fingerprint density at radius 1 is 1.21 bits per heavy atom. The van der Waals surface area contributed by atoms with E-state index in [0.29, 0.717) is 0 Å². The second-order valence-electron chi connectivity index (χ2n) is 2.22. The Morgan fingerprint density at radius 2 is 1.71 bits per heavy atom. The van der Waals surface area contributed by atoms with Gasteiger partial charge in [-0.25, -0.2) is 0 Å². The number of aliphatic hydroxyl groups excluding tert-OH is 1. The van der Waals surface area contributed by atoms with Crippen LogP contribution in [0.3, 0.4) is 0 Å². The summed E-state index contributed by atoms with van der Waals surface area (Å²) in [6.45, 7) is 4.43. The summed E-state index contributed by atoms with van der Waals surface area (Å²) >= 11 is 0. The summed E-state index contributed by atoms with van der Waals surface area (Å²) in [6.07, 6.45) is 7.27. The van der Waals surface area contributed by atoms with Gasteiger partial charge >= 0.3 is 11.9 Å². The molecule has 4 heteroatoms. The molecule has 0 unspecified atom stereocenters. The van der Waals surface area contributed by atoms with Crippen LogP contribution in [0.2, 0.25) is 0 Å². The average molecular weight is 200 g/mol. The summed E-state index contributed by atoms with van der Waals surface area (Å²) < 4.78 is 3.97. The van der Waals surface area contributed by atoms with Gasteiger partial charge in [0.1, 0.15) is 0 Å². The number of carbonyl (C=O) groups is 2. The van der Waals surface area contributed by atoms with Crippen molar-refractivity contribution < 1.29 is 19.4 Å². The molecule has 0 saturated carbocycles. The van der Waals surface area contributed by atoms with Crippen molar-refractivity contribution in [2.24, 2.45) is 0 Å². The molecule has 0 aromatic heterocycles. The van der Waals surface area contributed by atoms with Crippen LogP contribution in [-0.2, 0) is 14.3 Å². The van der Waals surface area contributed by atoms with Crippen molar-refractivity contribution in [3.8, 4) is 0 Å². The van der Waals surface area contributed by atoms with Crippen LogP contribution in [0.5, 0.6) is 0 Å². The predicted octanol–water partition coefficient (Wildman–Crippen LogP) is 1.21. The first-order valence-corrected chi connectivity index (χ1v) is 4.12. The number of hydrogen-bond donors (Lipinski definition) is 1.